The van der Waals surface area contributed by atoms with Gasteiger partial charge in [-0.1, -0.05) is 35.5 Å². The second kappa shape index (κ2) is 9.85. The van der Waals surface area contributed by atoms with Crippen LogP contribution in [0.25, 0.3) is 5.69 Å². The molecule has 1 aliphatic heterocycles. The zero-order valence-electron chi connectivity index (χ0n) is 16.8. The number of aromatic nitrogens is 3. The maximum atomic E-state index is 12.6. The van der Waals surface area contributed by atoms with Crippen LogP contribution < -0.4 is 10.2 Å². The van der Waals surface area contributed by atoms with Crippen molar-refractivity contribution in [3.63, 3.8) is 0 Å². The van der Waals surface area contributed by atoms with E-state index < -0.39 is 0 Å². The highest BCUT2D eigenvalue weighted by Crippen LogP contribution is 2.31. The molecule has 0 saturated carbocycles. The summed E-state index contributed by atoms with van der Waals surface area (Å²) < 4.78 is 2.01. The lowest BCUT2D eigenvalue weighted by molar-refractivity contribution is -0.120. The molecule has 1 unspecified atom stereocenters. The van der Waals surface area contributed by atoms with Gasteiger partial charge in [0.25, 0.3) is 0 Å². The number of carbonyl (C=O) groups is 1. The van der Waals surface area contributed by atoms with Crippen LogP contribution in [-0.4, -0.2) is 45.6 Å². The first-order valence-corrected chi connectivity index (χ1v) is 12.2. The summed E-state index contributed by atoms with van der Waals surface area (Å²) in [5.74, 6) is 0.808. The van der Waals surface area contributed by atoms with Crippen molar-refractivity contribution in [3.05, 3.63) is 51.7 Å². The summed E-state index contributed by atoms with van der Waals surface area (Å²) in [4.78, 5) is 16.1. The van der Waals surface area contributed by atoms with Crippen molar-refractivity contribution >= 4 is 46.6 Å². The number of nitrogens with one attached hydrogen (secondary N) is 1. The average Bonchev–Trinajstić information content (AvgIpc) is 3.49. The molecular formula is C21H24ClN5OS2. The molecule has 1 N–H and O–H groups in total. The van der Waals surface area contributed by atoms with E-state index in [1.807, 2.05) is 41.8 Å². The minimum atomic E-state index is -0.290. The van der Waals surface area contributed by atoms with Crippen molar-refractivity contribution in [2.45, 2.75) is 36.6 Å². The fourth-order valence-corrected chi connectivity index (χ4v) is 5.20. The minimum Gasteiger partial charge on any atom is -0.355 e. The third kappa shape index (κ3) is 4.99. The molecule has 1 aromatic carbocycles. The normalized spacial score (nSPS) is 14.8. The van der Waals surface area contributed by atoms with E-state index in [0.29, 0.717) is 16.7 Å². The van der Waals surface area contributed by atoms with Crippen LogP contribution in [-0.2, 0) is 11.2 Å². The van der Waals surface area contributed by atoms with Crippen molar-refractivity contribution in [1.29, 1.82) is 0 Å². The lowest BCUT2D eigenvalue weighted by Crippen LogP contribution is -2.32. The molecule has 0 spiro atoms. The molecule has 0 radical (unpaired) electrons. The van der Waals surface area contributed by atoms with E-state index in [1.54, 1.807) is 11.3 Å². The lowest BCUT2D eigenvalue weighted by atomic mass is 10.3. The molecule has 158 valence electrons. The molecule has 2 aromatic heterocycles. The van der Waals surface area contributed by atoms with E-state index in [-0.39, 0.29) is 11.2 Å². The first-order chi connectivity index (χ1) is 14.6. The Morgan fingerprint density at radius 1 is 1.27 bits per heavy atom. The Bertz CT molecular complexity index is 985. The highest BCUT2D eigenvalue weighted by molar-refractivity contribution is 8.00. The summed E-state index contributed by atoms with van der Waals surface area (Å²) in [5, 5.41) is 15.0. The van der Waals surface area contributed by atoms with Crippen LogP contribution in [0.5, 0.6) is 0 Å². The number of nitrogens with zero attached hydrogens (tertiary/aromatic N) is 4. The second-order valence-electron chi connectivity index (χ2n) is 7.17. The van der Waals surface area contributed by atoms with Crippen molar-refractivity contribution in [2.24, 2.45) is 0 Å². The summed E-state index contributed by atoms with van der Waals surface area (Å²) in [6.45, 7) is 4.45. The molecule has 0 aliphatic carbocycles. The number of thiophene rings is 1. The predicted octanol–water partition coefficient (Wildman–Crippen LogP) is 4.42. The maximum Gasteiger partial charge on any atom is 0.233 e. The summed E-state index contributed by atoms with van der Waals surface area (Å²) in [6, 6.07) is 11.8. The van der Waals surface area contributed by atoms with E-state index in [4.69, 9.17) is 11.6 Å². The number of thioether (sulfide) groups is 1. The Kier molecular flexibility index (Phi) is 6.97. The van der Waals surface area contributed by atoms with Gasteiger partial charge in [-0.25, -0.2) is 0 Å². The molecule has 1 fully saturated rings. The Labute approximate surface area is 189 Å². The number of amides is 1. The van der Waals surface area contributed by atoms with E-state index in [1.165, 1.54) is 16.6 Å². The Hall–Kier alpha value is -2.03. The van der Waals surface area contributed by atoms with Crippen LogP contribution in [0, 0.1) is 0 Å². The third-order valence-corrected chi connectivity index (χ3v) is 7.19. The van der Waals surface area contributed by atoms with Crippen molar-refractivity contribution < 1.29 is 4.79 Å². The highest BCUT2D eigenvalue weighted by Gasteiger charge is 2.25. The quantitative estimate of drug-likeness (QED) is 0.503. The number of carbonyl (C=O) groups excluding carboxylic acids is 1. The van der Waals surface area contributed by atoms with Crippen LogP contribution in [0.4, 0.5) is 5.95 Å². The van der Waals surface area contributed by atoms with Gasteiger partial charge in [-0.05, 0) is 55.8 Å². The molecule has 1 amide bonds. The SMILES string of the molecule is CC(Sc1nnc(N2CCCC2)n1-c1cccc(Cl)c1)C(=O)NCCc1cccs1. The fraction of sp³-hybridized carbons (Fsp3) is 0.381. The number of hydrogen-bond acceptors (Lipinski definition) is 6. The van der Waals surface area contributed by atoms with Gasteiger partial charge in [-0.2, -0.15) is 0 Å². The molecule has 3 heterocycles. The van der Waals surface area contributed by atoms with Gasteiger partial charge in [0.15, 0.2) is 5.16 Å². The van der Waals surface area contributed by atoms with E-state index in [0.717, 1.165) is 44.0 Å². The molecule has 6 nitrogen and oxygen atoms in total. The molecule has 4 rings (SSSR count). The zero-order valence-corrected chi connectivity index (χ0v) is 19.1. The predicted molar refractivity (Wildman–Crippen MR) is 124 cm³/mol. The van der Waals surface area contributed by atoms with Crippen molar-refractivity contribution in [3.8, 4) is 5.69 Å². The molecule has 1 saturated heterocycles. The number of halogens is 1. The van der Waals surface area contributed by atoms with E-state index in [9.17, 15) is 4.79 Å². The van der Waals surface area contributed by atoms with Gasteiger partial charge in [0, 0.05) is 29.5 Å². The Balaban J connectivity index is 1.49. The van der Waals surface area contributed by atoms with Gasteiger partial charge in [0.1, 0.15) is 0 Å². The highest BCUT2D eigenvalue weighted by atomic mass is 35.5. The van der Waals surface area contributed by atoms with Gasteiger partial charge in [-0.15, -0.1) is 21.5 Å². The molecule has 1 atom stereocenters. The third-order valence-electron chi connectivity index (χ3n) is 4.97. The smallest absolute Gasteiger partial charge is 0.233 e. The topological polar surface area (TPSA) is 63.1 Å². The first-order valence-electron chi connectivity index (χ1n) is 10.0. The first kappa shape index (κ1) is 21.2. The summed E-state index contributed by atoms with van der Waals surface area (Å²) in [7, 11) is 0. The lowest BCUT2D eigenvalue weighted by Gasteiger charge is -2.19. The van der Waals surface area contributed by atoms with E-state index in [2.05, 4.69) is 31.9 Å². The number of anilines is 1. The van der Waals surface area contributed by atoms with Crippen molar-refractivity contribution in [2.75, 3.05) is 24.5 Å². The fourth-order valence-electron chi connectivity index (χ4n) is 3.42. The van der Waals surface area contributed by atoms with Crippen LogP contribution in [0.15, 0.2) is 46.9 Å². The number of rotatable bonds is 8. The second-order valence-corrected chi connectivity index (χ2v) is 9.95. The average molecular weight is 462 g/mol. The molecule has 1 aliphatic rings. The Morgan fingerprint density at radius 2 is 2.10 bits per heavy atom. The van der Waals surface area contributed by atoms with E-state index >= 15 is 0 Å². The Morgan fingerprint density at radius 3 is 2.83 bits per heavy atom. The molecule has 30 heavy (non-hydrogen) atoms. The largest absolute Gasteiger partial charge is 0.355 e. The maximum absolute atomic E-state index is 12.6. The number of hydrogen-bond donors (Lipinski definition) is 1. The minimum absolute atomic E-state index is 0.0000716. The monoisotopic (exact) mass is 461 g/mol. The van der Waals surface area contributed by atoms with Crippen LogP contribution >= 0.6 is 34.7 Å². The molecule has 3 aromatic rings. The van der Waals surface area contributed by atoms with Gasteiger partial charge in [-0.3, -0.25) is 9.36 Å². The summed E-state index contributed by atoms with van der Waals surface area (Å²) in [5.41, 5.74) is 0.905. The number of benzene rings is 1. The van der Waals surface area contributed by atoms with Crippen LogP contribution in [0.3, 0.4) is 0 Å². The van der Waals surface area contributed by atoms with Crippen LogP contribution in [0.1, 0.15) is 24.6 Å². The molecule has 0 bridgehead atoms. The van der Waals surface area contributed by atoms with Crippen LogP contribution in [0.2, 0.25) is 5.02 Å². The summed E-state index contributed by atoms with van der Waals surface area (Å²) >= 11 is 9.37. The molecule has 9 heteroatoms. The van der Waals surface area contributed by atoms with Gasteiger partial charge in [0.2, 0.25) is 11.9 Å². The van der Waals surface area contributed by atoms with Gasteiger partial charge < -0.3 is 10.2 Å². The standard InChI is InChI=1S/C21H24ClN5OS2/c1-15(19(28)23-10-9-18-8-5-13-29-18)30-21-25-24-20(26-11-2-3-12-26)27(21)17-7-4-6-16(22)14-17/h4-8,13-15H,2-3,9-12H2,1H3,(H,23,28). The van der Waals surface area contributed by atoms with Gasteiger partial charge in [0.05, 0.1) is 10.9 Å². The summed E-state index contributed by atoms with van der Waals surface area (Å²) in [6.07, 6.45) is 3.14. The molecular weight excluding hydrogens is 438 g/mol. The zero-order chi connectivity index (χ0) is 20.9. The van der Waals surface area contributed by atoms with Crippen molar-refractivity contribution in [1.82, 2.24) is 20.1 Å². The van der Waals surface area contributed by atoms with Gasteiger partial charge >= 0.3 is 0 Å².